The van der Waals surface area contributed by atoms with Crippen LogP contribution in [0.25, 0.3) is 0 Å². The molecule has 1 amide bonds. The van der Waals surface area contributed by atoms with E-state index in [-0.39, 0.29) is 25.7 Å². The Kier molecular flexibility index (Phi) is 3.74. The van der Waals surface area contributed by atoms with Crippen molar-refractivity contribution in [1.82, 2.24) is 10.2 Å². The van der Waals surface area contributed by atoms with Gasteiger partial charge >= 0.3 is 18.1 Å². The molecule has 0 aromatic carbocycles. The average Bonchev–Trinajstić information content (AvgIpc) is 2.13. The van der Waals surface area contributed by atoms with Gasteiger partial charge in [0, 0.05) is 19.1 Å². The van der Waals surface area contributed by atoms with E-state index < -0.39 is 18.1 Å². The fourth-order valence-electron chi connectivity index (χ4n) is 1.25. The molecule has 0 saturated carbocycles. The van der Waals surface area contributed by atoms with Gasteiger partial charge in [0.2, 0.25) is 0 Å². The van der Waals surface area contributed by atoms with Crippen LogP contribution in [0.2, 0.25) is 0 Å². The summed E-state index contributed by atoms with van der Waals surface area (Å²) in [7, 11) is 1.21. The summed E-state index contributed by atoms with van der Waals surface area (Å²) in [6, 6.07) is -0.287. The number of methoxy groups -OCH3 is 1. The SMILES string of the molecule is COC(=O)CNC1CN(C(=O)C(F)(F)F)C1. The molecule has 0 bridgehead atoms. The Hall–Kier alpha value is -1.31. The van der Waals surface area contributed by atoms with Gasteiger partial charge in [0.05, 0.1) is 13.7 Å². The van der Waals surface area contributed by atoms with E-state index in [1.165, 1.54) is 7.11 Å². The van der Waals surface area contributed by atoms with Crippen molar-refractivity contribution >= 4 is 11.9 Å². The minimum atomic E-state index is -4.83. The quantitative estimate of drug-likeness (QED) is 0.677. The zero-order valence-electron chi connectivity index (χ0n) is 8.50. The van der Waals surface area contributed by atoms with Crippen LogP contribution in [-0.4, -0.2) is 55.7 Å². The summed E-state index contributed by atoms with van der Waals surface area (Å²) in [6.07, 6.45) is -4.83. The highest BCUT2D eigenvalue weighted by atomic mass is 19.4. The third-order valence-electron chi connectivity index (χ3n) is 2.17. The Morgan fingerprint density at radius 3 is 2.44 bits per heavy atom. The van der Waals surface area contributed by atoms with Crippen LogP contribution in [0.1, 0.15) is 0 Å². The maximum atomic E-state index is 11.9. The summed E-state index contributed by atoms with van der Waals surface area (Å²) in [5.41, 5.74) is 0. The Morgan fingerprint density at radius 1 is 1.44 bits per heavy atom. The molecule has 1 rings (SSSR count). The number of nitrogens with one attached hydrogen (secondary N) is 1. The summed E-state index contributed by atoms with van der Waals surface area (Å²) in [5.74, 6) is -2.34. The summed E-state index contributed by atoms with van der Waals surface area (Å²) >= 11 is 0. The summed E-state index contributed by atoms with van der Waals surface area (Å²) < 4.78 is 40.1. The highest BCUT2D eigenvalue weighted by Crippen LogP contribution is 2.21. The van der Waals surface area contributed by atoms with Crippen LogP contribution < -0.4 is 5.32 Å². The second-order valence-corrected chi connectivity index (χ2v) is 3.36. The molecule has 1 saturated heterocycles. The monoisotopic (exact) mass is 240 g/mol. The standard InChI is InChI=1S/C8H11F3N2O3/c1-16-6(14)2-12-5-3-13(4-5)7(15)8(9,10)11/h5,12H,2-4H2,1H3. The molecule has 1 aliphatic rings. The molecule has 0 aromatic heterocycles. The van der Waals surface area contributed by atoms with E-state index >= 15 is 0 Å². The Balaban J connectivity index is 2.23. The van der Waals surface area contributed by atoms with Crippen LogP contribution in [0.3, 0.4) is 0 Å². The first kappa shape index (κ1) is 12.8. The van der Waals surface area contributed by atoms with Gasteiger partial charge in [-0.25, -0.2) is 0 Å². The van der Waals surface area contributed by atoms with Gasteiger partial charge in [-0.15, -0.1) is 0 Å². The Bertz CT molecular complexity index is 287. The van der Waals surface area contributed by atoms with Crippen LogP contribution >= 0.6 is 0 Å². The van der Waals surface area contributed by atoms with Crippen LogP contribution in [0.5, 0.6) is 0 Å². The molecule has 16 heavy (non-hydrogen) atoms. The fraction of sp³-hybridized carbons (Fsp3) is 0.750. The maximum absolute atomic E-state index is 11.9. The van der Waals surface area contributed by atoms with Crippen LogP contribution in [0.4, 0.5) is 13.2 Å². The summed E-state index contributed by atoms with van der Waals surface area (Å²) in [4.78, 5) is 22.0. The Morgan fingerprint density at radius 2 is 2.00 bits per heavy atom. The molecule has 1 fully saturated rings. The molecular weight excluding hydrogens is 229 g/mol. The largest absolute Gasteiger partial charge is 0.471 e. The first-order chi connectivity index (χ1) is 7.34. The molecule has 0 aromatic rings. The smallest absolute Gasteiger partial charge is 0.468 e. The van der Waals surface area contributed by atoms with E-state index in [4.69, 9.17) is 0 Å². The lowest BCUT2D eigenvalue weighted by Crippen LogP contribution is -2.62. The lowest BCUT2D eigenvalue weighted by molar-refractivity contribution is -0.190. The van der Waals surface area contributed by atoms with E-state index in [1.54, 1.807) is 0 Å². The number of alkyl halides is 3. The molecule has 92 valence electrons. The molecule has 8 heteroatoms. The van der Waals surface area contributed by atoms with Crippen molar-refractivity contribution in [3.05, 3.63) is 0 Å². The van der Waals surface area contributed by atoms with Gasteiger partial charge in [0.15, 0.2) is 0 Å². The second kappa shape index (κ2) is 4.69. The number of nitrogens with zero attached hydrogens (tertiary/aromatic N) is 1. The molecule has 0 unspecified atom stereocenters. The molecule has 5 nitrogen and oxygen atoms in total. The maximum Gasteiger partial charge on any atom is 0.471 e. The number of rotatable bonds is 3. The molecular formula is C8H11F3N2O3. The van der Waals surface area contributed by atoms with Gasteiger partial charge < -0.3 is 15.0 Å². The van der Waals surface area contributed by atoms with E-state index in [0.717, 1.165) is 0 Å². The zero-order valence-corrected chi connectivity index (χ0v) is 8.50. The third-order valence-corrected chi connectivity index (χ3v) is 2.17. The minimum Gasteiger partial charge on any atom is -0.468 e. The molecule has 0 radical (unpaired) electrons. The average molecular weight is 240 g/mol. The van der Waals surface area contributed by atoms with Gasteiger partial charge in [0.1, 0.15) is 0 Å². The van der Waals surface area contributed by atoms with E-state index in [1.807, 2.05) is 0 Å². The summed E-state index contributed by atoms with van der Waals surface area (Å²) in [6.45, 7) is -0.167. The number of carbonyl (C=O) groups is 2. The number of ether oxygens (including phenoxy) is 1. The molecule has 1 heterocycles. The van der Waals surface area contributed by atoms with Crippen molar-refractivity contribution < 1.29 is 27.5 Å². The predicted octanol–water partition coefficient (Wildman–Crippen LogP) is -0.478. The van der Waals surface area contributed by atoms with Crippen LogP contribution in [-0.2, 0) is 14.3 Å². The van der Waals surface area contributed by atoms with Crippen LogP contribution in [0.15, 0.2) is 0 Å². The highest BCUT2D eigenvalue weighted by Gasteiger charge is 2.46. The molecule has 1 aliphatic heterocycles. The number of carbonyl (C=O) groups excluding carboxylic acids is 2. The normalized spacial score (nSPS) is 16.9. The van der Waals surface area contributed by atoms with Crippen molar-refractivity contribution in [2.45, 2.75) is 12.2 Å². The van der Waals surface area contributed by atoms with Crippen molar-refractivity contribution in [3.63, 3.8) is 0 Å². The Labute approximate surface area is 89.5 Å². The van der Waals surface area contributed by atoms with Gasteiger partial charge in [-0.1, -0.05) is 0 Å². The van der Waals surface area contributed by atoms with Crippen molar-refractivity contribution in [2.24, 2.45) is 0 Å². The second-order valence-electron chi connectivity index (χ2n) is 3.36. The first-order valence-corrected chi connectivity index (χ1v) is 4.51. The van der Waals surface area contributed by atoms with Crippen molar-refractivity contribution in [1.29, 1.82) is 0 Å². The number of hydrogen-bond donors (Lipinski definition) is 1. The predicted molar refractivity (Wildman–Crippen MR) is 46.4 cm³/mol. The van der Waals surface area contributed by atoms with Gasteiger partial charge in [0.25, 0.3) is 0 Å². The number of hydrogen-bond acceptors (Lipinski definition) is 4. The molecule has 1 N–H and O–H groups in total. The minimum absolute atomic E-state index is 0.0463. The fourth-order valence-corrected chi connectivity index (χ4v) is 1.25. The lowest BCUT2D eigenvalue weighted by atomic mass is 10.1. The van der Waals surface area contributed by atoms with Gasteiger partial charge in [-0.2, -0.15) is 13.2 Å². The zero-order chi connectivity index (χ0) is 12.3. The van der Waals surface area contributed by atoms with Crippen molar-refractivity contribution in [2.75, 3.05) is 26.7 Å². The highest BCUT2D eigenvalue weighted by molar-refractivity contribution is 5.82. The lowest BCUT2D eigenvalue weighted by Gasteiger charge is -2.39. The van der Waals surface area contributed by atoms with Crippen molar-refractivity contribution in [3.8, 4) is 0 Å². The van der Waals surface area contributed by atoms with Gasteiger partial charge in [-0.3, -0.25) is 9.59 Å². The summed E-state index contributed by atoms with van der Waals surface area (Å²) in [5, 5.41) is 2.67. The number of likely N-dealkylation sites (tertiary alicyclic amines) is 1. The number of esters is 1. The third kappa shape index (κ3) is 3.09. The molecule has 0 aliphatic carbocycles. The molecule has 0 atom stereocenters. The van der Waals surface area contributed by atoms with E-state index in [2.05, 4.69) is 10.1 Å². The van der Waals surface area contributed by atoms with E-state index in [0.29, 0.717) is 4.90 Å². The van der Waals surface area contributed by atoms with Gasteiger partial charge in [-0.05, 0) is 0 Å². The van der Waals surface area contributed by atoms with Crippen LogP contribution in [0, 0.1) is 0 Å². The van der Waals surface area contributed by atoms with E-state index in [9.17, 15) is 22.8 Å². The topological polar surface area (TPSA) is 58.6 Å². The first-order valence-electron chi connectivity index (χ1n) is 4.51. The number of amides is 1. The molecule has 0 spiro atoms. The number of halogens is 3.